The van der Waals surface area contributed by atoms with Crippen LogP contribution in [-0.2, 0) is 6.42 Å². The lowest BCUT2D eigenvalue weighted by Crippen LogP contribution is -2.01. The molecule has 8 aromatic rings. The summed E-state index contributed by atoms with van der Waals surface area (Å²) in [4.78, 5) is 15.2. The molecule has 0 atom stereocenters. The molecule has 10 rings (SSSR count). The van der Waals surface area contributed by atoms with Gasteiger partial charge in [-0.05, 0) is 94.6 Å². The number of fused-ring (bicyclic) bond motifs is 2. The summed E-state index contributed by atoms with van der Waals surface area (Å²) in [5.41, 5.74) is 14.4. The van der Waals surface area contributed by atoms with Crippen LogP contribution in [0.4, 0.5) is 0 Å². The van der Waals surface area contributed by atoms with E-state index in [2.05, 4.69) is 181 Å². The molecule has 2 aliphatic carbocycles. The van der Waals surface area contributed by atoms with Crippen LogP contribution in [0, 0.1) is 0 Å². The van der Waals surface area contributed by atoms with Crippen LogP contribution in [-0.4, -0.2) is 19.5 Å². The van der Waals surface area contributed by atoms with Crippen LogP contribution in [0.2, 0.25) is 0 Å². The highest BCUT2D eigenvalue weighted by atomic mass is 15.1. The summed E-state index contributed by atoms with van der Waals surface area (Å²) < 4.78 is 2.29. The number of aromatic nitrogens is 4. The monoisotopic (exact) mass is 706 g/mol. The number of nitrogens with zero attached hydrogens (tertiary/aromatic N) is 4. The smallest absolute Gasteiger partial charge is 0.160 e. The molecule has 0 spiro atoms. The number of allylic oxidation sites excluding steroid dienone is 5. The normalized spacial score (nSPS) is 13.5. The second-order valence-corrected chi connectivity index (χ2v) is 14.2. The summed E-state index contributed by atoms with van der Waals surface area (Å²) in [6.07, 6.45) is 15.2. The summed E-state index contributed by atoms with van der Waals surface area (Å²) in [6, 6.07) is 54.0. The van der Waals surface area contributed by atoms with Crippen LogP contribution >= 0.6 is 0 Å². The molecule has 4 heteroatoms. The van der Waals surface area contributed by atoms with E-state index in [0.717, 1.165) is 87.9 Å². The van der Waals surface area contributed by atoms with Gasteiger partial charge >= 0.3 is 0 Å². The molecule has 0 N–H and O–H groups in total. The van der Waals surface area contributed by atoms with Gasteiger partial charge < -0.3 is 0 Å². The van der Waals surface area contributed by atoms with Gasteiger partial charge in [-0.15, -0.1) is 0 Å². The molecule has 0 aliphatic heterocycles. The van der Waals surface area contributed by atoms with Gasteiger partial charge in [0.25, 0.3) is 0 Å². The predicted octanol–water partition coefficient (Wildman–Crippen LogP) is 12.8. The first-order valence-corrected chi connectivity index (χ1v) is 19.1. The first-order chi connectivity index (χ1) is 27.2. The van der Waals surface area contributed by atoms with Gasteiger partial charge in [-0.1, -0.05) is 152 Å². The van der Waals surface area contributed by atoms with E-state index < -0.39 is 0 Å². The zero-order valence-corrected chi connectivity index (χ0v) is 30.4. The molecule has 2 aromatic heterocycles. The lowest BCUT2D eigenvalue weighted by Gasteiger charge is -2.13. The second kappa shape index (κ2) is 14.1. The Hall–Kier alpha value is -6.91. The van der Waals surface area contributed by atoms with Crippen LogP contribution in [0.25, 0.3) is 84.4 Å². The Bertz CT molecular complexity index is 2770. The van der Waals surface area contributed by atoms with Gasteiger partial charge in [0, 0.05) is 22.4 Å². The summed E-state index contributed by atoms with van der Waals surface area (Å²) in [6.45, 7) is 0. The van der Waals surface area contributed by atoms with E-state index in [-0.39, 0.29) is 0 Å². The van der Waals surface area contributed by atoms with Gasteiger partial charge in [0.2, 0.25) is 0 Å². The van der Waals surface area contributed by atoms with Crippen LogP contribution < -0.4 is 0 Å². The Labute approximate surface area is 321 Å². The van der Waals surface area contributed by atoms with Crippen LogP contribution in [0.15, 0.2) is 176 Å². The first-order valence-electron chi connectivity index (χ1n) is 19.1. The predicted molar refractivity (Wildman–Crippen MR) is 228 cm³/mol. The van der Waals surface area contributed by atoms with E-state index in [0.29, 0.717) is 0 Å². The molecule has 2 heterocycles. The molecule has 6 aromatic carbocycles. The number of benzene rings is 6. The molecule has 0 saturated heterocycles. The molecule has 55 heavy (non-hydrogen) atoms. The molecule has 4 nitrogen and oxygen atoms in total. The van der Waals surface area contributed by atoms with Crippen molar-refractivity contribution >= 4 is 22.4 Å². The molecule has 0 unspecified atom stereocenters. The zero-order valence-electron chi connectivity index (χ0n) is 30.4. The van der Waals surface area contributed by atoms with E-state index in [1.165, 1.54) is 33.2 Å². The van der Waals surface area contributed by atoms with E-state index in [1.54, 1.807) is 0 Å². The third-order valence-electron chi connectivity index (χ3n) is 10.7. The average Bonchev–Trinajstić information content (AvgIpc) is 3.67. The highest BCUT2D eigenvalue weighted by Crippen LogP contribution is 2.36. The maximum atomic E-state index is 5.14. The minimum atomic E-state index is 0.733. The molecular weight excluding hydrogens is 669 g/mol. The Morgan fingerprint density at radius 2 is 1.18 bits per heavy atom. The quantitative estimate of drug-likeness (QED) is 0.166. The van der Waals surface area contributed by atoms with Gasteiger partial charge in [-0.25, -0.2) is 15.0 Å². The Balaban J connectivity index is 0.952. The number of aryl methyl sites for hydroxylation is 1. The average molecular weight is 707 g/mol. The zero-order chi connectivity index (χ0) is 36.6. The molecule has 0 radical (unpaired) electrons. The fourth-order valence-electron chi connectivity index (χ4n) is 7.89. The molecular formula is C51H38N4. The molecule has 0 fully saturated rings. The van der Waals surface area contributed by atoms with Crippen molar-refractivity contribution in [2.75, 3.05) is 0 Å². The number of hydrogen-bond acceptors (Lipinski definition) is 3. The molecule has 262 valence electrons. The fraction of sp³-hybridized carbons (Fsp3) is 0.0784. The van der Waals surface area contributed by atoms with Crippen molar-refractivity contribution in [3.63, 3.8) is 0 Å². The largest absolute Gasteiger partial charge is 0.293 e. The van der Waals surface area contributed by atoms with Gasteiger partial charge in [0.1, 0.15) is 5.82 Å². The topological polar surface area (TPSA) is 43.6 Å². The summed E-state index contributed by atoms with van der Waals surface area (Å²) in [7, 11) is 0. The summed E-state index contributed by atoms with van der Waals surface area (Å²) >= 11 is 0. The van der Waals surface area contributed by atoms with Gasteiger partial charge in [0.15, 0.2) is 5.82 Å². The maximum Gasteiger partial charge on any atom is 0.160 e. The van der Waals surface area contributed by atoms with Crippen molar-refractivity contribution in [2.45, 2.75) is 25.7 Å². The van der Waals surface area contributed by atoms with Gasteiger partial charge in [-0.2, -0.15) is 0 Å². The Morgan fingerprint density at radius 1 is 0.473 bits per heavy atom. The molecule has 2 aliphatic rings. The molecule has 0 saturated carbocycles. The standard InChI is InChI=1S/C51H38N4/c1-4-13-37(14-5-1)47-34-48(38-15-6-2-7-16-38)53-50(52-47)39-27-25-36(26-28-39)44-20-12-17-42-33-41(31-32-45(42)44)35-23-29-40(30-24-35)51-54-46-21-10-11-22-49(46)55(51)43-18-8-3-9-19-43/h1,3-6,8-9,11-20,22-34H,2,7,10,21H2. The van der Waals surface area contributed by atoms with Crippen molar-refractivity contribution in [3.05, 3.63) is 193 Å². The second-order valence-electron chi connectivity index (χ2n) is 14.2. The van der Waals surface area contributed by atoms with Crippen LogP contribution in [0.1, 0.15) is 36.3 Å². The number of rotatable bonds is 7. The number of imidazole rings is 1. The minimum Gasteiger partial charge on any atom is -0.293 e. The third kappa shape index (κ3) is 6.32. The molecule has 0 bridgehead atoms. The Morgan fingerprint density at radius 3 is 1.98 bits per heavy atom. The lowest BCUT2D eigenvalue weighted by molar-refractivity contribution is 0.936. The fourth-order valence-corrected chi connectivity index (χ4v) is 7.89. The summed E-state index contributed by atoms with van der Waals surface area (Å²) in [5, 5.41) is 2.43. The van der Waals surface area contributed by atoms with E-state index in [1.807, 2.05) is 6.07 Å². The SMILES string of the molecule is C1=CC(c2cc(-c3ccccc3)nc(-c3ccc(-c4cccc5cc(-c6ccc(-c7nc8c(n7-c7ccccc7)C=CCC8)cc6)ccc45)cc3)n2)=CCC1. The first kappa shape index (κ1) is 32.7. The van der Waals surface area contributed by atoms with Crippen LogP contribution in [0.3, 0.4) is 0 Å². The highest BCUT2D eigenvalue weighted by molar-refractivity contribution is 5.99. The van der Waals surface area contributed by atoms with Gasteiger partial charge in [0.05, 0.1) is 22.8 Å². The van der Waals surface area contributed by atoms with Gasteiger partial charge in [-0.3, -0.25) is 4.57 Å². The maximum absolute atomic E-state index is 5.14. The minimum absolute atomic E-state index is 0.733. The van der Waals surface area contributed by atoms with Crippen molar-refractivity contribution in [2.24, 2.45) is 0 Å². The molecule has 0 amide bonds. The van der Waals surface area contributed by atoms with Crippen molar-refractivity contribution in [1.82, 2.24) is 19.5 Å². The van der Waals surface area contributed by atoms with E-state index in [4.69, 9.17) is 15.0 Å². The highest BCUT2D eigenvalue weighted by Gasteiger charge is 2.20. The van der Waals surface area contributed by atoms with Crippen molar-refractivity contribution in [3.8, 4) is 62.0 Å². The number of hydrogen-bond donors (Lipinski definition) is 0. The van der Waals surface area contributed by atoms with E-state index >= 15 is 0 Å². The number of para-hydroxylation sites is 1. The lowest BCUT2D eigenvalue weighted by atomic mass is 9.94. The Kier molecular flexibility index (Phi) is 8.42. The summed E-state index contributed by atoms with van der Waals surface area (Å²) in [5.74, 6) is 1.72. The van der Waals surface area contributed by atoms with Crippen LogP contribution in [0.5, 0.6) is 0 Å². The van der Waals surface area contributed by atoms with Crippen molar-refractivity contribution < 1.29 is 0 Å². The third-order valence-corrected chi connectivity index (χ3v) is 10.7. The van der Waals surface area contributed by atoms with Crippen molar-refractivity contribution in [1.29, 1.82) is 0 Å². The van der Waals surface area contributed by atoms with E-state index in [9.17, 15) is 0 Å².